The monoisotopic (exact) mass is 636 g/mol. The Hall–Kier alpha value is -6.28. The van der Waals surface area contributed by atoms with Crippen LogP contribution in [0.2, 0.25) is 0 Å². The second kappa shape index (κ2) is 10.6. The summed E-state index contributed by atoms with van der Waals surface area (Å²) in [5.41, 5.74) is 4.90. The van der Waals surface area contributed by atoms with Gasteiger partial charge in [-0.05, 0) is 94.9 Å². The third-order valence-electron chi connectivity index (χ3n) is 9.10. The number of fused-ring (bicyclic) bond motifs is 2. The summed E-state index contributed by atoms with van der Waals surface area (Å²) in [6.07, 6.45) is 0. The van der Waals surface area contributed by atoms with E-state index in [0.717, 1.165) is 22.3 Å². The van der Waals surface area contributed by atoms with Crippen LogP contribution in [-0.4, -0.2) is 44.3 Å². The van der Waals surface area contributed by atoms with Crippen molar-refractivity contribution in [3.63, 3.8) is 0 Å². The predicted octanol–water partition coefficient (Wildman–Crippen LogP) is 9.10. The van der Waals surface area contributed by atoms with Crippen LogP contribution < -0.4 is 0 Å². The summed E-state index contributed by atoms with van der Waals surface area (Å²) in [5.74, 6) is -5.21. The molecule has 0 aliphatic rings. The van der Waals surface area contributed by atoms with Gasteiger partial charge in [-0.25, -0.2) is 19.2 Å². The van der Waals surface area contributed by atoms with Crippen molar-refractivity contribution in [2.75, 3.05) is 0 Å². The quantitative estimate of drug-likeness (QED) is 0.104. The molecular weight excluding hydrogens is 608 g/mol. The lowest BCUT2D eigenvalue weighted by Crippen LogP contribution is -2.10. The molecular formula is C40H28O8. The van der Waals surface area contributed by atoms with Crippen LogP contribution >= 0.6 is 0 Å². The summed E-state index contributed by atoms with van der Waals surface area (Å²) in [4.78, 5) is 51.5. The zero-order valence-electron chi connectivity index (χ0n) is 26.4. The van der Waals surface area contributed by atoms with Crippen molar-refractivity contribution in [2.45, 2.75) is 27.7 Å². The SMILES string of the molecule is Cc1cc(C)cc(-c2c(C(=O)O)c3c(C(=O)O)ccc4c5ccc(C(=O)O)c6c(C(=O)O)ccc(c(c2-c2cc(C)cc(C)c2)c34)c65)c1. The van der Waals surface area contributed by atoms with Gasteiger partial charge in [0.25, 0.3) is 0 Å². The summed E-state index contributed by atoms with van der Waals surface area (Å²) in [7, 11) is 0. The molecule has 236 valence electrons. The van der Waals surface area contributed by atoms with E-state index in [1.54, 1.807) is 18.2 Å². The summed E-state index contributed by atoms with van der Waals surface area (Å²) in [6.45, 7) is 7.66. The molecule has 0 amide bonds. The van der Waals surface area contributed by atoms with Gasteiger partial charge in [0.2, 0.25) is 0 Å². The van der Waals surface area contributed by atoms with Crippen LogP contribution in [0.1, 0.15) is 63.7 Å². The van der Waals surface area contributed by atoms with Crippen LogP contribution in [0.3, 0.4) is 0 Å². The van der Waals surface area contributed by atoms with Crippen LogP contribution in [0.4, 0.5) is 0 Å². The van der Waals surface area contributed by atoms with Crippen LogP contribution in [0.15, 0.2) is 72.8 Å². The average molecular weight is 637 g/mol. The molecule has 0 fully saturated rings. The molecule has 0 heterocycles. The van der Waals surface area contributed by atoms with Crippen molar-refractivity contribution in [1.82, 2.24) is 0 Å². The smallest absolute Gasteiger partial charge is 0.337 e. The topological polar surface area (TPSA) is 149 Å². The van der Waals surface area contributed by atoms with Gasteiger partial charge in [0.05, 0.1) is 22.3 Å². The molecule has 0 aliphatic heterocycles. The van der Waals surface area contributed by atoms with E-state index in [1.165, 1.54) is 18.2 Å². The van der Waals surface area contributed by atoms with E-state index < -0.39 is 23.9 Å². The number of rotatable bonds is 6. The number of carbonyl (C=O) groups is 4. The molecule has 0 aromatic heterocycles. The molecule has 0 atom stereocenters. The van der Waals surface area contributed by atoms with Crippen LogP contribution in [0.5, 0.6) is 0 Å². The molecule has 0 saturated carbocycles. The molecule has 0 radical (unpaired) electrons. The van der Waals surface area contributed by atoms with Gasteiger partial charge < -0.3 is 20.4 Å². The minimum atomic E-state index is -1.31. The van der Waals surface area contributed by atoms with Crippen molar-refractivity contribution < 1.29 is 39.6 Å². The number of aryl methyl sites for hydroxylation is 4. The molecule has 7 aromatic carbocycles. The molecule has 8 nitrogen and oxygen atoms in total. The maximum Gasteiger partial charge on any atom is 0.337 e. The third-order valence-corrected chi connectivity index (χ3v) is 9.10. The Balaban J connectivity index is 1.95. The summed E-state index contributed by atoms with van der Waals surface area (Å²) < 4.78 is 0. The van der Waals surface area contributed by atoms with E-state index in [-0.39, 0.29) is 33.0 Å². The summed E-state index contributed by atoms with van der Waals surface area (Å²) in [6, 6.07) is 20.4. The highest BCUT2D eigenvalue weighted by atomic mass is 16.4. The Kier molecular flexibility index (Phi) is 6.73. The van der Waals surface area contributed by atoms with Crippen molar-refractivity contribution in [2.24, 2.45) is 0 Å². The fourth-order valence-corrected chi connectivity index (χ4v) is 7.61. The summed E-state index contributed by atoms with van der Waals surface area (Å²) >= 11 is 0. The third kappa shape index (κ3) is 4.37. The van der Waals surface area contributed by atoms with Crippen molar-refractivity contribution >= 4 is 67.0 Å². The molecule has 48 heavy (non-hydrogen) atoms. The van der Waals surface area contributed by atoms with E-state index in [1.807, 2.05) is 64.1 Å². The van der Waals surface area contributed by atoms with Crippen molar-refractivity contribution in [1.29, 1.82) is 0 Å². The highest BCUT2D eigenvalue weighted by Gasteiger charge is 2.31. The Morgan fingerprint density at radius 1 is 0.396 bits per heavy atom. The lowest BCUT2D eigenvalue weighted by atomic mass is 9.77. The molecule has 0 spiro atoms. The van der Waals surface area contributed by atoms with Crippen LogP contribution in [-0.2, 0) is 0 Å². The fourth-order valence-electron chi connectivity index (χ4n) is 7.61. The first-order valence-electron chi connectivity index (χ1n) is 15.2. The second-order valence-corrected chi connectivity index (χ2v) is 12.5. The number of hydrogen-bond acceptors (Lipinski definition) is 4. The molecule has 4 N–H and O–H groups in total. The van der Waals surface area contributed by atoms with Gasteiger partial charge in [0.15, 0.2) is 0 Å². The minimum Gasteiger partial charge on any atom is -0.478 e. The van der Waals surface area contributed by atoms with E-state index in [4.69, 9.17) is 0 Å². The normalized spacial score (nSPS) is 11.6. The maximum atomic E-state index is 13.6. The first kappa shape index (κ1) is 30.4. The number of benzene rings is 7. The highest BCUT2D eigenvalue weighted by Crippen LogP contribution is 2.52. The van der Waals surface area contributed by atoms with Gasteiger partial charge in [-0.15, -0.1) is 0 Å². The lowest BCUT2D eigenvalue weighted by molar-refractivity contribution is 0.0681. The van der Waals surface area contributed by atoms with Crippen molar-refractivity contribution in [3.8, 4) is 22.3 Å². The highest BCUT2D eigenvalue weighted by molar-refractivity contribution is 6.41. The molecule has 0 unspecified atom stereocenters. The fraction of sp³-hybridized carbons (Fsp3) is 0.100. The van der Waals surface area contributed by atoms with Gasteiger partial charge >= 0.3 is 23.9 Å². The zero-order valence-corrected chi connectivity index (χ0v) is 26.4. The van der Waals surface area contributed by atoms with Crippen LogP contribution in [0, 0.1) is 27.7 Å². The van der Waals surface area contributed by atoms with Crippen molar-refractivity contribution in [3.05, 3.63) is 117 Å². The van der Waals surface area contributed by atoms with E-state index in [0.29, 0.717) is 54.6 Å². The van der Waals surface area contributed by atoms with Crippen LogP contribution in [0.25, 0.3) is 65.3 Å². The van der Waals surface area contributed by atoms with E-state index >= 15 is 0 Å². The molecule has 8 heteroatoms. The Bertz CT molecular complexity index is 2550. The Morgan fingerprint density at radius 3 is 1.23 bits per heavy atom. The number of aromatic carboxylic acids is 4. The molecule has 0 saturated heterocycles. The molecule has 7 rings (SSSR count). The van der Waals surface area contributed by atoms with Gasteiger partial charge in [0, 0.05) is 16.3 Å². The van der Waals surface area contributed by atoms with Gasteiger partial charge in [-0.1, -0.05) is 76.9 Å². The first-order chi connectivity index (χ1) is 22.8. The van der Waals surface area contributed by atoms with E-state index in [2.05, 4.69) is 0 Å². The molecule has 7 aromatic rings. The largest absolute Gasteiger partial charge is 0.478 e. The Labute approximate surface area is 273 Å². The lowest BCUT2D eigenvalue weighted by Gasteiger charge is -2.25. The molecule has 0 aliphatic carbocycles. The van der Waals surface area contributed by atoms with Gasteiger partial charge in [0.1, 0.15) is 0 Å². The zero-order chi connectivity index (χ0) is 34.3. The summed E-state index contributed by atoms with van der Waals surface area (Å²) in [5, 5.41) is 44.7. The number of hydrogen-bond donors (Lipinski definition) is 4. The maximum absolute atomic E-state index is 13.6. The average Bonchev–Trinajstić information content (AvgIpc) is 3.00. The number of carboxylic acid groups (broad SMARTS) is 4. The molecule has 0 bridgehead atoms. The van der Waals surface area contributed by atoms with Gasteiger partial charge in [-0.3, -0.25) is 0 Å². The minimum absolute atomic E-state index is 0.0349. The Morgan fingerprint density at radius 2 is 0.792 bits per heavy atom. The van der Waals surface area contributed by atoms with E-state index in [9.17, 15) is 39.6 Å². The predicted molar refractivity (Wildman–Crippen MR) is 185 cm³/mol. The second-order valence-electron chi connectivity index (χ2n) is 12.5. The first-order valence-corrected chi connectivity index (χ1v) is 15.2. The standard InChI is InChI=1S/C40H28O8/c1-17-11-18(2)14-21(13-17)29-30(22-15-19(3)12-20(4)16-22)36(40(47)48)35-28(39(45)46)9-6-24-23-5-8-26(37(41)42)32-27(38(43)44)10-7-25(31(23)32)34(29)33(24)35/h5-16H,1-4H3,(H,41,42)(H,43,44)(H,45,46)(H,47,48). The number of carboxylic acids is 4. The van der Waals surface area contributed by atoms with Gasteiger partial charge in [-0.2, -0.15) is 0 Å².